The molecule has 0 unspecified atom stereocenters. The van der Waals surface area contributed by atoms with E-state index in [-0.39, 0.29) is 100 Å². The number of ketones is 3. The van der Waals surface area contributed by atoms with E-state index in [0.29, 0.717) is 44.7 Å². The maximum atomic E-state index is 12.3. The van der Waals surface area contributed by atoms with E-state index in [1.54, 1.807) is 24.0 Å². The van der Waals surface area contributed by atoms with Gasteiger partial charge in [0.15, 0.2) is 11.6 Å². The highest BCUT2D eigenvalue weighted by molar-refractivity contribution is 5.88. The summed E-state index contributed by atoms with van der Waals surface area (Å²) in [5.41, 5.74) is 18.0. The first-order valence-electron chi connectivity index (χ1n) is 20.5. The van der Waals surface area contributed by atoms with Crippen molar-refractivity contribution >= 4 is 35.1 Å². The monoisotopic (exact) mass is 823 g/mol. The average Bonchev–Trinajstić information content (AvgIpc) is 3.63. The number of hydrogen-bond donors (Lipinski definition) is 6. The third kappa shape index (κ3) is 24.8. The number of carbonyl (C=O) groups is 6. The summed E-state index contributed by atoms with van der Waals surface area (Å²) in [6, 6.07) is 4.98. The van der Waals surface area contributed by atoms with Gasteiger partial charge in [-0.2, -0.15) is 0 Å². The van der Waals surface area contributed by atoms with E-state index < -0.39 is 18.0 Å². The maximum absolute atomic E-state index is 12.3. The van der Waals surface area contributed by atoms with Gasteiger partial charge in [0.05, 0.1) is 51.3 Å². The van der Waals surface area contributed by atoms with Crippen LogP contribution < -0.4 is 27.8 Å². The summed E-state index contributed by atoms with van der Waals surface area (Å²) < 4.78 is 21.5. The molecule has 3 amide bonds. The number of phenolic OH excluding ortho intramolecular Hbond substituents is 1. The Bertz CT molecular complexity index is 1350. The number of unbranched alkanes of at least 4 members (excludes halogenated alkanes) is 1. The van der Waals surface area contributed by atoms with Gasteiger partial charge in [-0.1, -0.05) is 25.5 Å². The fourth-order valence-corrected chi connectivity index (χ4v) is 5.90. The molecule has 1 saturated heterocycles. The van der Waals surface area contributed by atoms with Crippen molar-refractivity contribution in [2.45, 2.75) is 110 Å². The standard InChI is InChI=1S/C32H51N5O10.C9H19NO/c1-23(38)28(20-24-6-8-25(39)9-7-24)36-31(42)22-47-19-16-44-14-3-4-26(40)21-46-18-17-45-15-12-35-30(41)11-10-27(33)32(43)37-13-2-5-29(37)34;1-3-9(8(2)11)6-4-5-7-10/h6-9,27-29,39H,2-5,10-22,33-34H2,1H3,(H,35,41)(H,36,42);9H,3-7,10H2,1-2H3/t27-,28-,29-;9-/m00/s1. The predicted molar refractivity (Wildman–Crippen MR) is 218 cm³/mol. The molecular weight excluding hydrogens is 752 g/mol. The average molecular weight is 823 g/mol. The van der Waals surface area contributed by atoms with E-state index in [2.05, 4.69) is 17.6 Å². The molecule has 330 valence electrons. The highest BCUT2D eigenvalue weighted by atomic mass is 16.5. The first kappa shape index (κ1) is 52.2. The molecule has 1 heterocycles. The second-order valence-electron chi connectivity index (χ2n) is 14.3. The Morgan fingerprint density at radius 1 is 0.828 bits per heavy atom. The van der Waals surface area contributed by atoms with Crippen molar-refractivity contribution in [3.8, 4) is 5.75 Å². The smallest absolute Gasteiger partial charge is 0.246 e. The molecule has 17 heteroatoms. The van der Waals surface area contributed by atoms with Crippen LogP contribution in [-0.2, 0) is 54.1 Å². The number of nitrogens with two attached hydrogens (primary N) is 3. The first-order valence-corrected chi connectivity index (χ1v) is 20.5. The van der Waals surface area contributed by atoms with Gasteiger partial charge >= 0.3 is 0 Å². The molecule has 0 spiro atoms. The van der Waals surface area contributed by atoms with Gasteiger partial charge in [0, 0.05) is 38.5 Å². The van der Waals surface area contributed by atoms with Crippen LogP contribution in [0.3, 0.4) is 0 Å². The normalized spacial score (nSPS) is 15.1. The van der Waals surface area contributed by atoms with E-state index in [0.717, 1.165) is 50.6 Å². The largest absolute Gasteiger partial charge is 0.508 e. The van der Waals surface area contributed by atoms with Gasteiger partial charge in [-0.05, 0) is 89.5 Å². The summed E-state index contributed by atoms with van der Waals surface area (Å²) in [4.78, 5) is 72.8. The number of nitrogens with one attached hydrogen (secondary N) is 2. The van der Waals surface area contributed by atoms with Gasteiger partial charge in [0.2, 0.25) is 17.7 Å². The van der Waals surface area contributed by atoms with Crippen molar-refractivity contribution in [2.75, 3.05) is 72.5 Å². The minimum atomic E-state index is -0.751. The van der Waals surface area contributed by atoms with Crippen molar-refractivity contribution in [3.63, 3.8) is 0 Å². The lowest BCUT2D eigenvalue weighted by Crippen LogP contribution is -2.49. The molecular formula is C41H70N6O11. The summed E-state index contributed by atoms with van der Waals surface area (Å²) in [5, 5.41) is 14.7. The molecule has 0 bridgehead atoms. The summed E-state index contributed by atoms with van der Waals surface area (Å²) in [5.74, 6) is -0.377. The zero-order valence-corrected chi connectivity index (χ0v) is 34.9. The fourth-order valence-electron chi connectivity index (χ4n) is 5.90. The van der Waals surface area contributed by atoms with Crippen molar-refractivity contribution in [1.82, 2.24) is 15.5 Å². The summed E-state index contributed by atoms with van der Waals surface area (Å²) in [7, 11) is 0. The van der Waals surface area contributed by atoms with Gasteiger partial charge < -0.3 is 56.8 Å². The fraction of sp³-hybridized carbons (Fsp3) is 0.707. The second kappa shape index (κ2) is 32.1. The van der Waals surface area contributed by atoms with Crippen LogP contribution in [0.1, 0.15) is 90.5 Å². The van der Waals surface area contributed by atoms with E-state index in [9.17, 15) is 33.9 Å². The van der Waals surface area contributed by atoms with Crippen LogP contribution in [0.4, 0.5) is 0 Å². The molecule has 2 rings (SSSR count). The lowest BCUT2D eigenvalue weighted by atomic mass is 9.96. The van der Waals surface area contributed by atoms with Gasteiger partial charge in [-0.3, -0.25) is 28.8 Å². The highest BCUT2D eigenvalue weighted by Gasteiger charge is 2.29. The predicted octanol–water partition coefficient (Wildman–Crippen LogP) is 1.29. The number of hydrogen-bond acceptors (Lipinski definition) is 14. The molecule has 1 aliphatic rings. The Morgan fingerprint density at radius 2 is 1.48 bits per heavy atom. The third-order valence-corrected chi connectivity index (χ3v) is 9.41. The molecule has 1 aromatic carbocycles. The van der Waals surface area contributed by atoms with Crippen molar-refractivity contribution in [1.29, 1.82) is 0 Å². The number of likely N-dealkylation sites (tertiary alicyclic amines) is 1. The summed E-state index contributed by atoms with van der Waals surface area (Å²) in [6.45, 7) is 8.11. The molecule has 4 atom stereocenters. The van der Waals surface area contributed by atoms with Crippen LogP contribution in [0.25, 0.3) is 0 Å². The van der Waals surface area contributed by atoms with E-state index in [1.165, 1.54) is 19.1 Å². The number of benzene rings is 1. The van der Waals surface area contributed by atoms with Gasteiger partial charge in [0.25, 0.3) is 0 Å². The number of phenols is 1. The Labute approximate surface area is 343 Å². The summed E-state index contributed by atoms with van der Waals surface area (Å²) >= 11 is 0. The molecule has 0 aromatic heterocycles. The van der Waals surface area contributed by atoms with Crippen LogP contribution in [0.15, 0.2) is 24.3 Å². The Balaban J connectivity index is 0.00000133. The number of ether oxygens (including phenoxy) is 4. The Kier molecular flexibility index (Phi) is 28.8. The van der Waals surface area contributed by atoms with E-state index in [1.807, 2.05) is 0 Å². The van der Waals surface area contributed by atoms with Crippen LogP contribution in [0.2, 0.25) is 0 Å². The quantitative estimate of drug-likeness (QED) is 0.0577. The van der Waals surface area contributed by atoms with Crippen LogP contribution in [-0.4, -0.2) is 136 Å². The number of Topliss-reactive ketones (excluding diaryl/α,β-unsaturated/α-hetero) is 3. The Hall–Kier alpha value is -3.84. The third-order valence-electron chi connectivity index (χ3n) is 9.41. The van der Waals surface area contributed by atoms with Crippen LogP contribution in [0.5, 0.6) is 5.75 Å². The molecule has 9 N–H and O–H groups in total. The highest BCUT2D eigenvalue weighted by Crippen LogP contribution is 2.15. The molecule has 17 nitrogen and oxygen atoms in total. The molecule has 1 aromatic rings. The molecule has 0 radical (unpaired) electrons. The van der Waals surface area contributed by atoms with Crippen molar-refractivity contribution in [3.05, 3.63) is 29.8 Å². The van der Waals surface area contributed by atoms with Crippen molar-refractivity contribution < 1.29 is 52.8 Å². The molecule has 58 heavy (non-hydrogen) atoms. The molecule has 1 fully saturated rings. The van der Waals surface area contributed by atoms with Crippen molar-refractivity contribution in [2.24, 2.45) is 23.1 Å². The van der Waals surface area contributed by atoms with Gasteiger partial charge in [-0.25, -0.2) is 0 Å². The minimum Gasteiger partial charge on any atom is -0.508 e. The molecule has 1 aliphatic heterocycles. The van der Waals surface area contributed by atoms with Gasteiger partial charge in [-0.15, -0.1) is 0 Å². The van der Waals surface area contributed by atoms with E-state index >= 15 is 0 Å². The number of rotatable bonds is 31. The second-order valence-corrected chi connectivity index (χ2v) is 14.3. The van der Waals surface area contributed by atoms with Gasteiger partial charge in [0.1, 0.15) is 24.7 Å². The van der Waals surface area contributed by atoms with E-state index in [4.69, 9.17) is 36.1 Å². The number of amides is 3. The van der Waals surface area contributed by atoms with Crippen LogP contribution in [0, 0.1) is 5.92 Å². The number of carbonyl (C=O) groups excluding carboxylic acids is 6. The zero-order chi connectivity index (χ0) is 43.1. The number of nitrogens with zero attached hydrogens (tertiary/aromatic N) is 1. The molecule has 0 aliphatic carbocycles. The zero-order valence-electron chi connectivity index (χ0n) is 34.9. The lowest BCUT2D eigenvalue weighted by Gasteiger charge is -2.24. The topological polar surface area (TPSA) is 265 Å². The number of aromatic hydroxyl groups is 1. The maximum Gasteiger partial charge on any atom is 0.246 e. The Morgan fingerprint density at radius 3 is 2.09 bits per heavy atom. The summed E-state index contributed by atoms with van der Waals surface area (Å²) in [6.07, 6.45) is 6.94. The van der Waals surface area contributed by atoms with Crippen LogP contribution >= 0.6 is 0 Å². The lowest BCUT2D eigenvalue weighted by molar-refractivity contribution is -0.133. The molecule has 0 saturated carbocycles. The SMILES string of the molecule is CC(=O)[C@H](Cc1ccc(O)cc1)NC(=O)COCCOCCCC(=O)COCCOCCNC(=O)CC[C@H](N)C(=O)N1CCC[C@H]1N.CC[C@@H](CCCCN)C(C)=O. The minimum absolute atomic E-state index is 0.0341. The first-order chi connectivity index (χ1) is 27.8.